The van der Waals surface area contributed by atoms with Crippen LogP contribution in [0.15, 0.2) is 34.9 Å². The molecule has 2 amide bonds. The molecule has 2 aromatic rings. The number of benzene rings is 1. The van der Waals surface area contributed by atoms with E-state index in [-0.39, 0.29) is 6.73 Å². The number of nitrogens with zero attached hydrogens (tertiary/aromatic N) is 1. The number of anilines is 1. The number of carbonyl (C=O) groups excluding carboxylic acids is 1. The number of amides is 2. The minimum atomic E-state index is -0.396. The minimum Gasteiger partial charge on any atom is -0.473 e. The van der Waals surface area contributed by atoms with Crippen molar-refractivity contribution < 1.29 is 14.1 Å². The molecular formula is C14H17N3O3. The number of aromatic nitrogens is 1. The second-order valence-electron chi connectivity index (χ2n) is 4.20. The van der Waals surface area contributed by atoms with Crippen molar-refractivity contribution in [1.29, 1.82) is 0 Å². The van der Waals surface area contributed by atoms with Gasteiger partial charge in [0.25, 0.3) is 0 Å². The molecule has 0 aliphatic rings. The Balaban J connectivity index is 1.79. The van der Waals surface area contributed by atoms with E-state index in [2.05, 4.69) is 22.7 Å². The van der Waals surface area contributed by atoms with Crippen LogP contribution >= 0.6 is 0 Å². The largest absolute Gasteiger partial charge is 0.473 e. The predicted molar refractivity (Wildman–Crippen MR) is 74.7 cm³/mol. The van der Waals surface area contributed by atoms with E-state index in [1.807, 2.05) is 24.3 Å². The summed E-state index contributed by atoms with van der Waals surface area (Å²) in [6.07, 6.45) is 0.876. The van der Waals surface area contributed by atoms with Crippen molar-refractivity contribution in [2.24, 2.45) is 0 Å². The molecule has 0 bridgehead atoms. The summed E-state index contributed by atoms with van der Waals surface area (Å²) < 4.78 is 10.4. The SMILES string of the molecule is CCc1ccccc1OCNC(=O)Nc1cc(C)on1. The molecule has 0 unspecified atom stereocenters. The Morgan fingerprint density at radius 3 is 2.90 bits per heavy atom. The van der Waals surface area contributed by atoms with Gasteiger partial charge in [-0.15, -0.1) is 0 Å². The average molecular weight is 275 g/mol. The lowest BCUT2D eigenvalue weighted by Gasteiger charge is -2.11. The number of urea groups is 1. The fourth-order valence-electron chi connectivity index (χ4n) is 1.70. The lowest BCUT2D eigenvalue weighted by Crippen LogP contribution is -2.32. The van der Waals surface area contributed by atoms with Crippen LogP contribution in [0, 0.1) is 6.92 Å². The van der Waals surface area contributed by atoms with Crippen LogP contribution in [-0.4, -0.2) is 17.9 Å². The van der Waals surface area contributed by atoms with Gasteiger partial charge in [0.15, 0.2) is 12.5 Å². The van der Waals surface area contributed by atoms with Gasteiger partial charge in [-0.1, -0.05) is 30.3 Å². The normalized spacial score (nSPS) is 10.1. The molecule has 6 heteroatoms. The van der Waals surface area contributed by atoms with Crippen molar-refractivity contribution in [3.05, 3.63) is 41.7 Å². The second kappa shape index (κ2) is 6.60. The summed E-state index contributed by atoms with van der Waals surface area (Å²) in [5, 5.41) is 8.79. The zero-order chi connectivity index (χ0) is 14.4. The van der Waals surface area contributed by atoms with E-state index < -0.39 is 6.03 Å². The van der Waals surface area contributed by atoms with Gasteiger partial charge in [0.1, 0.15) is 11.5 Å². The van der Waals surface area contributed by atoms with E-state index in [0.717, 1.165) is 17.7 Å². The van der Waals surface area contributed by atoms with Crippen LogP contribution in [0.1, 0.15) is 18.2 Å². The summed E-state index contributed by atoms with van der Waals surface area (Å²) in [7, 11) is 0. The summed E-state index contributed by atoms with van der Waals surface area (Å²) in [5.74, 6) is 1.77. The van der Waals surface area contributed by atoms with Gasteiger partial charge >= 0.3 is 6.03 Å². The second-order valence-corrected chi connectivity index (χ2v) is 4.20. The van der Waals surface area contributed by atoms with E-state index >= 15 is 0 Å². The van der Waals surface area contributed by atoms with Crippen LogP contribution in [0.5, 0.6) is 5.75 Å². The first-order valence-corrected chi connectivity index (χ1v) is 6.38. The molecular weight excluding hydrogens is 258 g/mol. The maximum absolute atomic E-state index is 11.6. The summed E-state index contributed by atoms with van der Waals surface area (Å²) in [6, 6.07) is 8.96. The molecule has 0 atom stereocenters. The number of rotatable bonds is 5. The molecule has 1 aromatic heterocycles. The number of carbonyl (C=O) groups is 1. The Labute approximate surface area is 117 Å². The molecule has 0 saturated carbocycles. The molecule has 0 saturated heterocycles. The van der Waals surface area contributed by atoms with E-state index in [1.165, 1.54) is 0 Å². The van der Waals surface area contributed by atoms with Crippen LogP contribution in [0.2, 0.25) is 0 Å². The molecule has 0 spiro atoms. The Kier molecular flexibility index (Phi) is 4.60. The molecule has 20 heavy (non-hydrogen) atoms. The third kappa shape index (κ3) is 3.74. The first kappa shape index (κ1) is 13.9. The maximum Gasteiger partial charge on any atom is 0.323 e. The van der Waals surface area contributed by atoms with Crippen molar-refractivity contribution in [1.82, 2.24) is 10.5 Å². The van der Waals surface area contributed by atoms with Gasteiger partial charge in [0, 0.05) is 6.07 Å². The molecule has 1 aromatic carbocycles. The van der Waals surface area contributed by atoms with E-state index in [0.29, 0.717) is 11.6 Å². The summed E-state index contributed by atoms with van der Waals surface area (Å²) in [5.41, 5.74) is 1.10. The van der Waals surface area contributed by atoms with Crippen LogP contribution < -0.4 is 15.4 Å². The highest BCUT2D eigenvalue weighted by Crippen LogP contribution is 2.17. The van der Waals surface area contributed by atoms with Crippen LogP contribution in [0.25, 0.3) is 0 Å². The van der Waals surface area contributed by atoms with Gasteiger partial charge in [-0.05, 0) is 25.0 Å². The average Bonchev–Trinajstić information content (AvgIpc) is 2.84. The molecule has 2 rings (SSSR count). The van der Waals surface area contributed by atoms with Crippen LogP contribution in [0.4, 0.5) is 10.6 Å². The number of ether oxygens (including phenoxy) is 1. The molecule has 1 heterocycles. The van der Waals surface area contributed by atoms with Crippen LogP contribution in [-0.2, 0) is 6.42 Å². The summed E-state index contributed by atoms with van der Waals surface area (Å²) >= 11 is 0. The Morgan fingerprint density at radius 1 is 1.40 bits per heavy atom. The van der Waals surface area contributed by atoms with Crippen molar-refractivity contribution >= 4 is 11.8 Å². The number of aryl methyl sites for hydroxylation is 2. The van der Waals surface area contributed by atoms with Gasteiger partial charge < -0.3 is 14.6 Å². The van der Waals surface area contributed by atoms with E-state index in [4.69, 9.17) is 9.26 Å². The zero-order valence-corrected chi connectivity index (χ0v) is 11.5. The lowest BCUT2D eigenvalue weighted by molar-refractivity contribution is 0.234. The van der Waals surface area contributed by atoms with Gasteiger partial charge in [-0.2, -0.15) is 0 Å². The monoisotopic (exact) mass is 275 g/mol. The van der Waals surface area contributed by atoms with Gasteiger partial charge in [-0.25, -0.2) is 4.79 Å². The Hall–Kier alpha value is -2.50. The molecule has 2 N–H and O–H groups in total. The molecule has 106 valence electrons. The zero-order valence-electron chi connectivity index (χ0n) is 11.5. The highest BCUT2D eigenvalue weighted by molar-refractivity contribution is 5.87. The third-order valence-corrected chi connectivity index (χ3v) is 2.68. The standard InChI is InChI=1S/C14H17N3O3/c1-3-11-6-4-5-7-12(11)19-9-15-14(18)16-13-8-10(2)20-17-13/h4-8H,3,9H2,1-2H3,(H2,15,16,17,18). The Morgan fingerprint density at radius 2 is 2.20 bits per heavy atom. The molecule has 0 radical (unpaired) electrons. The fraction of sp³-hybridized carbons (Fsp3) is 0.286. The van der Waals surface area contributed by atoms with Gasteiger partial charge in [0.2, 0.25) is 0 Å². The van der Waals surface area contributed by atoms with E-state index in [1.54, 1.807) is 13.0 Å². The first-order valence-electron chi connectivity index (χ1n) is 6.38. The molecule has 0 aliphatic heterocycles. The highest BCUT2D eigenvalue weighted by atomic mass is 16.5. The number of hydrogen-bond donors (Lipinski definition) is 2. The molecule has 6 nitrogen and oxygen atoms in total. The summed E-state index contributed by atoms with van der Waals surface area (Å²) in [6.45, 7) is 3.88. The van der Waals surface area contributed by atoms with Gasteiger partial charge in [0.05, 0.1) is 0 Å². The van der Waals surface area contributed by atoms with Crippen molar-refractivity contribution in [3.63, 3.8) is 0 Å². The summed E-state index contributed by atoms with van der Waals surface area (Å²) in [4.78, 5) is 11.6. The first-order chi connectivity index (χ1) is 9.69. The lowest BCUT2D eigenvalue weighted by atomic mass is 10.1. The minimum absolute atomic E-state index is 0.0830. The third-order valence-electron chi connectivity index (χ3n) is 2.68. The van der Waals surface area contributed by atoms with Crippen molar-refractivity contribution in [2.45, 2.75) is 20.3 Å². The smallest absolute Gasteiger partial charge is 0.323 e. The molecule has 0 aliphatic carbocycles. The van der Waals surface area contributed by atoms with Crippen molar-refractivity contribution in [3.8, 4) is 5.75 Å². The fourth-order valence-corrected chi connectivity index (χ4v) is 1.70. The predicted octanol–water partition coefficient (Wildman–Crippen LogP) is 2.70. The van der Waals surface area contributed by atoms with Crippen LogP contribution in [0.3, 0.4) is 0 Å². The van der Waals surface area contributed by atoms with Crippen molar-refractivity contribution in [2.75, 3.05) is 12.0 Å². The molecule has 0 fully saturated rings. The Bertz CT molecular complexity index is 581. The number of hydrogen-bond acceptors (Lipinski definition) is 4. The number of para-hydroxylation sites is 1. The quantitative estimate of drug-likeness (QED) is 0.822. The van der Waals surface area contributed by atoms with Gasteiger partial charge in [-0.3, -0.25) is 5.32 Å². The topological polar surface area (TPSA) is 76.4 Å². The van der Waals surface area contributed by atoms with E-state index in [9.17, 15) is 4.79 Å². The maximum atomic E-state index is 11.6. The number of nitrogens with one attached hydrogen (secondary N) is 2. The highest BCUT2D eigenvalue weighted by Gasteiger charge is 2.06.